The van der Waals surface area contributed by atoms with Gasteiger partial charge in [-0.1, -0.05) is 0 Å². The molecule has 1 heterocycles. The predicted molar refractivity (Wildman–Crippen MR) is 63.0 cm³/mol. The summed E-state index contributed by atoms with van der Waals surface area (Å²) in [6.45, 7) is 2.33. The van der Waals surface area contributed by atoms with E-state index in [0.717, 1.165) is 12.8 Å². The fourth-order valence-corrected chi connectivity index (χ4v) is 4.73. The minimum absolute atomic E-state index is 0.103. The van der Waals surface area contributed by atoms with E-state index < -0.39 is 9.84 Å². The van der Waals surface area contributed by atoms with Crippen molar-refractivity contribution < 1.29 is 13.2 Å². The van der Waals surface area contributed by atoms with Gasteiger partial charge in [-0.15, -0.1) is 0 Å². The summed E-state index contributed by atoms with van der Waals surface area (Å²) in [6, 6.07) is -0.273. The fourth-order valence-electron chi connectivity index (χ4n) is 2.71. The van der Waals surface area contributed by atoms with Gasteiger partial charge in [0.2, 0.25) is 0 Å². The predicted octanol–water partition coefficient (Wildman–Crippen LogP) is 0.850. The summed E-state index contributed by atoms with van der Waals surface area (Å²) in [4.78, 5) is 0. The Hall–Kier alpha value is -0.130. The molecule has 0 aromatic heterocycles. The maximum Gasteiger partial charge on any atom is 0.154 e. The molecule has 0 aromatic carbocycles. The Morgan fingerprint density at radius 1 is 1.50 bits per heavy atom. The summed E-state index contributed by atoms with van der Waals surface area (Å²) in [6.07, 6.45) is 4.54. The first-order valence-corrected chi connectivity index (χ1v) is 7.76. The van der Waals surface area contributed by atoms with Gasteiger partial charge in [-0.2, -0.15) is 0 Å². The van der Waals surface area contributed by atoms with Crippen molar-refractivity contribution in [3.63, 3.8) is 0 Å². The van der Waals surface area contributed by atoms with Crippen LogP contribution in [0.15, 0.2) is 0 Å². The zero-order valence-corrected chi connectivity index (χ0v) is 10.6. The van der Waals surface area contributed by atoms with Gasteiger partial charge >= 0.3 is 0 Å². The van der Waals surface area contributed by atoms with Crippen LogP contribution in [0.5, 0.6) is 0 Å². The average Bonchev–Trinajstić information content (AvgIpc) is 2.14. The maximum absolute atomic E-state index is 12.1. The zero-order chi connectivity index (χ0) is 11.8. The fraction of sp³-hybridized carbons (Fsp3) is 1.00. The van der Waals surface area contributed by atoms with E-state index in [4.69, 9.17) is 10.5 Å². The summed E-state index contributed by atoms with van der Waals surface area (Å²) >= 11 is 0. The Morgan fingerprint density at radius 3 is 2.69 bits per heavy atom. The van der Waals surface area contributed by atoms with Gasteiger partial charge in [-0.25, -0.2) is 8.42 Å². The first-order valence-electron chi connectivity index (χ1n) is 6.05. The molecule has 2 aliphatic rings. The molecular weight excluding hydrogens is 226 g/mol. The van der Waals surface area contributed by atoms with Gasteiger partial charge in [0.1, 0.15) is 0 Å². The van der Waals surface area contributed by atoms with Crippen molar-refractivity contribution >= 4 is 9.84 Å². The van der Waals surface area contributed by atoms with Gasteiger partial charge in [-0.05, 0) is 39.0 Å². The van der Waals surface area contributed by atoms with E-state index in [1.165, 1.54) is 6.42 Å². The third-order valence-electron chi connectivity index (χ3n) is 3.72. The van der Waals surface area contributed by atoms with Crippen LogP contribution >= 0.6 is 0 Å². The molecule has 0 amide bonds. The van der Waals surface area contributed by atoms with Crippen molar-refractivity contribution in [2.45, 2.75) is 55.9 Å². The molecule has 1 aliphatic carbocycles. The van der Waals surface area contributed by atoms with Crippen LogP contribution in [-0.4, -0.2) is 37.7 Å². The smallest absolute Gasteiger partial charge is 0.154 e. The Bertz CT molecular complexity index is 346. The second kappa shape index (κ2) is 4.27. The number of sulfone groups is 1. The molecule has 4 nitrogen and oxygen atoms in total. The largest absolute Gasteiger partial charge is 0.375 e. The number of hydrogen-bond donors (Lipinski definition) is 1. The third kappa shape index (κ3) is 2.41. The molecule has 16 heavy (non-hydrogen) atoms. The number of nitrogens with two attached hydrogens (primary N) is 1. The Labute approximate surface area is 97.5 Å². The van der Waals surface area contributed by atoms with Crippen molar-refractivity contribution in [1.82, 2.24) is 0 Å². The van der Waals surface area contributed by atoms with E-state index in [1.54, 1.807) is 6.92 Å². The topological polar surface area (TPSA) is 69.4 Å². The van der Waals surface area contributed by atoms with Gasteiger partial charge in [-0.3, -0.25) is 0 Å². The highest BCUT2D eigenvalue weighted by molar-refractivity contribution is 7.92. The minimum atomic E-state index is -3.03. The van der Waals surface area contributed by atoms with Crippen LogP contribution in [0.2, 0.25) is 0 Å². The van der Waals surface area contributed by atoms with Crippen LogP contribution in [0.25, 0.3) is 0 Å². The molecule has 0 bridgehead atoms. The molecule has 2 N–H and O–H groups in total. The SMILES string of the molecule is CC(N)CS(=O)(=O)C1CCOC2(CCC2)C1. The van der Waals surface area contributed by atoms with Crippen LogP contribution in [0, 0.1) is 0 Å². The lowest BCUT2D eigenvalue weighted by Crippen LogP contribution is -2.50. The number of rotatable bonds is 3. The molecule has 94 valence electrons. The summed E-state index contributed by atoms with van der Waals surface area (Å²) in [5, 5.41) is -0.229. The van der Waals surface area contributed by atoms with E-state index in [0.29, 0.717) is 19.4 Å². The molecule has 0 aromatic rings. The number of hydrogen-bond acceptors (Lipinski definition) is 4. The summed E-state index contributed by atoms with van der Waals surface area (Å²) < 4.78 is 29.9. The minimum Gasteiger partial charge on any atom is -0.375 e. The summed E-state index contributed by atoms with van der Waals surface area (Å²) in [7, 11) is -3.03. The molecular formula is C11H21NO3S. The monoisotopic (exact) mass is 247 g/mol. The first kappa shape index (κ1) is 12.3. The lowest BCUT2D eigenvalue weighted by Gasteiger charge is -2.47. The van der Waals surface area contributed by atoms with Gasteiger partial charge in [0, 0.05) is 12.6 Å². The highest BCUT2D eigenvalue weighted by atomic mass is 32.2. The van der Waals surface area contributed by atoms with E-state index in [2.05, 4.69) is 0 Å². The molecule has 2 fully saturated rings. The second-order valence-corrected chi connectivity index (χ2v) is 7.63. The van der Waals surface area contributed by atoms with E-state index in [-0.39, 0.29) is 22.6 Å². The average molecular weight is 247 g/mol. The molecule has 1 saturated heterocycles. The van der Waals surface area contributed by atoms with Crippen LogP contribution in [0.1, 0.15) is 39.0 Å². The third-order valence-corrected chi connectivity index (χ3v) is 6.12. The van der Waals surface area contributed by atoms with Crippen LogP contribution < -0.4 is 5.73 Å². The Kier molecular flexibility index (Phi) is 3.29. The van der Waals surface area contributed by atoms with Gasteiger partial charge in [0.25, 0.3) is 0 Å². The molecule has 2 atom stereocenters. The quantitative estimate of drug-likeness (QED) is 0.802. The van der Waals surface area contributed by atoms with Crippen LogP contribution in [0.4, 0.5) is 0 Å². The van der Waals surface area contributed by atoms with Crippen molar-refractivity contribution in [1.29, 1.82) is 0 Å². The van der Waals surface area contributed by atoms with Crippen LogP contribution in [-0.2, 0) is 14.6 Å². The molecule has 1 aliphatic heterocycles. The zero-order valence-electron chi connectivity index (χ0n) is 9.81. The van der Waals surface area contributed by atoms with E-state index in [9.17, 15) is 8.42 Å². The standard InChI is InChI=1S/C11H21NO3S/c1-9(12)8-16(13,14)10-3-6-15-11(7-10)4-2-5-11/h9-10H,2-8,12H2,1H3. The van der Waals surface area contributed by atoms with Crippen molar-refractivity contribution in [2.75, 3.05) is 12.4 Å². The summed E-state index contributed by atoms with van der Waals surface area (Å²) in [5.74, 6) is 0.105. The molecule has 5 heteroatoms. The molecule has 2 rings (SSSR count). The van der Waals surface area contributed by atoms with Crippen LogP contribution in [0.3, 0.4) is 0 Å². The molecule has 1 spiro atoms. The van der Waals surface area contributed by atoms with E-state index in [1.807, 2.05) is 0 Å². The highest BCUT2D eigenvalue weighted by Gasteiger charge is 2.45. The Morgan fingerprint density at radius 2 is 2.19 bits per heavy atom. The number of ether oxygens (including phenoxy) is 1. The van der Waals surface area contributed by atoms with Crippen molar-refractivity contribution in [3.05, 3.63) is 0 Å². The first-order chi connectivity index (χ1) is 7.44. The van der Waals surface area contributed by atoms with Crippen molar-refractivity contribution in [3.8, 4) is 0 Å². The normalized spacial score (nSPS) is 31.0. The highest BCUT2D eigenvalue weighted by Crippen LogP contribution is 2.43. The lowest BCUT2D eigenvalue weighted by atomic mass is 9.75. The van der Waals surface area contributed by atoms with Gasteiger partial charge < -0.3 is 10.5 Å². The van der Waals surface area contributed by atoms with Crippen molar-refractivity contribution in [2.24, 2.45) is 5.73 Å². The van der Waals surface area contributed by atoms with Gasteiger partial charge in [0.05, 0.1) is 16.6 Å². The lowest BCUT2D eigenvalue weighted by molar-refractivity contribution is -0.125. The molecule has 0 radical (unpaired) electrons. The summed E-state index contributed by atoms with van der Waals surface area (Å²) in [5.41, 5.74) is 5.49. The second-order valence-electron chi connectivity index (χ2n) is 5.31. The maximum atomic E-state index is 12.1. The van der Waals surface area contributed by atoms with E-state index >= 15 is 0 Å². The molecule has 1 saturated carbocycles. The van der Waals surface area contributed by atoms with Gasteiger partial charge in [0.15, 0.2) is 9.84 Å². The molecule has 2 unspecified atom stereocenters. The Balaban J connectivity index is 2.03.